The maximum absolute atomic E-state index is 4.61. The number of imidazole rings is 1. The summed E-state index contributed by atoms with van der Waals surface area (Å²) in [5, 5.41) is 0. The van der Waals surface area contributed by atoms with Crippen molar-refractivity contribution in [3.8, 4) is 11.5 Å². The molecule has 19 heavy (non-hydrogen) atoms. The largest absolute Gasteiger partial charge is 0.348 e. The number of nitrogens with one attached hydrogen (secondary N) is 1. The summed E-state index contributed by atoms with van der Waals surface area (Å²) >= 11 is 0. The predicted octanol–water partition coefficient (Wildman–Crippen LogP) is 3.09. The molecule has 0 atom stereocenters. The minimum Gasteiger partial charge on any atom is -0.348 e. The molecule has 3 rings (SSSR count). The topological polar surface area (TPSA) is 46.5 Å². The summed E-state index contributed by atoms with van der Waals surface area (Å²) in [6.07, 6.45) is 4.11. The van der Waals surface area contributed by atoms with E-state index in [9.17, 15) is 0 Å². The molecule has 0 amide bonds. The number of fused-ring (bicyclic) bond motifs is 1. The van der Waals surface area contributed by atoms with Crippen LogP contribution in [0.4, 0.5) is 0 Å². The number of aromatic amines is 1. The van der Waals surface area contributed by atoms with Crippen molar-refractivity contribution in [2.75, 3.05) is 0 Å². The Morgan fingerprint density at radius 2 is 2.00 bits per heavy atom. The minimum atomic E-state index is 0.800. The highest BCUT2D eigenvalue weighted by Gasteiger charge is 2.10. The van der Waals surface area contributed by atoms with Crippen molar-refractivity contribution in [1.29, 1.82) is 0 Å². The second kappa shape index (κ2) is 4.53. The normalized spacial score (nSPS) is 11.3. The van der Waals surface area contributed by atoms with Crippen LogP contribution in [0.15, 0.2) is 24.4 Å². The molecule has 0 radical (unpaired) electrons. The second-order valence-corrected chi connectivity index (χ2v) is 4.81. The Bertz CT molecular complexity index is 721. The Morgan fingerprint density at radius 3 is 2.68 bits per heavy atom. The van der Waals surface area contributed by atoms with Crippen molar-refractivity contribution < 1.29 is 0 Å². The predicted molar refractivity (Wildman–Crippen MR) is 77.1 cm³/mol. The van der Waals surface area contributed by atoms with Crippen molar-refractivity contribution >= 4 is 11.2 Å². The van der Waals surface area contributed by atoms with Crippen LogP contribution in [0, 0.1) is 0 Å². The average Bonchev–Trinajstić information content (AvgIpc) is 3.00. The fraction of sp³-hybridized carbons (Fsp3) is 0.333. The van der Waals surface area contributed by atoms with E-state index in [0.29, 0.717) is 0 Å². The molecule has 4 nitrogen and oxygen atoms in total. The van der Waals surface area contributed by atoms with Gasteiger partial charge in [0.2, 0.25) is 0 Å². The summed E-state index contributed by atoms with van der Waals surface area (Å²) in [7, 11) is 2.05. The number of rotatable bonds is 3. The fourth-order valence-electron chi connectivity index (χ4n) is 2.31. The molecule has 1 N–H and O–H groups in total. The molecule has 0 spiro atoms. The van der Waals surface area contributed by atoms with E-state index in [4.69, 9.17) is 0 Å². The van der Waals surface area contributed by atoms with E-state index >= 15 is 0 Å². The highest BCUT2D eigenvalue weighted by Crippen LogP contribution is 2.22. The van der Waals surface area contributed by atoms with E-state index in [2.05, 4.69) is 51.7 Å². The van der Waals surface area contributed by atoms with Gasteiger partial charge < -0.3 is 9.55 Å². The molecule has 3 heterocycles. The van der Waals surface area contributed by atoms with Crippen molar-refractivity contribution in [2.45, 2.75) is 26.7 Å². The zero-order valence-corrected chi connectivity index (χ0v) is 11.6. The van der Waals surface area contributed by atoms with E-state index < -0.39 is 0 Å². The van der Waals surface area contributed by atoms with Crippen LogP contribution in [-0.4, -0.2) is 19.5 Å². The monoisotopic (exact) mass is 254 g/mol. The van der Waals surface area contributed by atoms with Crippen LogP contribution >= 0.6 is 0 Å². The Morgan fingerprint density at radius 1 is 1.16 bits per heavy atom. The van der Waals surface area contributed by atoms with Gasteiger partial charge in [0.15, 0.2) is 11.5 Å². The van der Waals surface area contributed by atoms with Crippen LogP contribution < -0.4 is 0 Å². The van der Waals surface area contributed by atoms with Crippen molar-refractivity contribution in [1.82, 2.24) is 19.5 Å². The Kier molecular flexibility index (Phi) is 2.85. The van der Waals surface area contributed by atoms with Crippen LogP contribution in [0.3, 0.4) is 0 Å². The summed E-state index contributed by atoms with van der Waals surface area (Å²) in [4.78, 5) is 12.5. The lowest BCUT2D eigenvalue weighted by Gasteiger charge is -1.96. The van der Waals surface area contributed by atoms with Crippen molar-refractivity contribution in [3.05, 3.63) is 35.7 Å². The fourth-order valence-corrected chi connectivity index (χ4v) is 2.31. The lowest BCUT2D eigenvalue weighted by Crippen LogP contribution is -1.90. The number of pyridine rings is 1. The van der Waals surface area contributed by atoms with Gasteiger partial charge in [0, 0.05) is 18.9 Å². The third-order valence-electron chi connectivity index (χ3n) is 3.48. The van der Waals surface area contributed by atoms with E-state index in [1.54, 1.807) is 0 Å². The molecule has 0 saturated carbocycles. The van der Waals surface area contributed by atoms with Crippen LogP contribution in [0.25, 0.3) is 22.7 Å². The maximum Gasteiger partial charge on any atom is 0.178 e. The molecule has 98 valence electrons. The average molecular weight is 254 g/mol. The van der Waals surface area contributed by atoms with Gasteiger partial charge in [-0.15, -0.1) is 0 Å². The van der Waals surface area contributed by atoms with Crippen molar-refractivity contribution in [3.63, 3.8) is 0 Å². The van der Waals surface area contributed by atoms with Crippen LogP contribution in [0.5, 0.6) is 0 Å². The molecule has 0 saturated heterocycles. The molecule has 0 fully saturated rings. The molecule has 3 aromatic heterocycles. The molecular formula is C15H18N4. The van der Waals surface area contributed by atoms with E-state index in [0.717, 1.165) is 41.2 Å². The van der Waals surface area contributed by atoms with E-state index in [1.165, 1.54) is 5.56 Å². The van der Waals surface area contributed by atoms with Crippen LogP contribution in [0.2, 0.25) is 0 Å². The SMILES string of the molecule is CCc1cc(-c2nc3nc(CC)ccc3[nH]2)n(C)c1. The summed E-state index contributed by atoms with van der Waals surface area (Å²) in [6, 6.07) is 6.28. The highest BCUT2D eigenvalue weighted by atomic mass is 15.0. The number of H-pyrrole nitrogens is 1. The van der Waals surface area contributed by atoms with Crippen molar-refractivity contribution in [2.24, 2.45) is 7.05 Å². The Hall–Kier alpha value is -2.10. The summed E-state index contributed by atoms with van der Waals surface area (Å²) in [5.74, 6) is 0.887. The number of aryl methyl sites for hydroxylation is 3. The first kappa shape index (κ1) is 12.0. The van der Waals surface area contributed by atoms with Gasteiger partial charge in [0.1, 0.15) is 0 Å². The molecule has 0 aromatic carbocycles. The number of aromatic nitrogens is 4. The number of hydrogen-bond acceptors (Lipinski definition) is 2. The first-order valence-electron chi connectivity index (χ1n) is 6.72. The zero-order chi connectivity index (χ0) is 13.4. The van der Waals surface area contributed by atoms with Crippen LogP contribution in [-0.2, 0) is 19.9 Å². The molecule has 0 aliphatic rings. The minimum absolute atomic E-state index is 0.800. The van der Waals surface area contributed by atoms with Gasteiger partial charge in [0.05, 0.1) is 11.2 Å². The molecule has 0 aliphatic heterocycles. The number of nitrogens with zero attached hydrogens (tertiary/aromatic N) is 3. The Labute approximate surface area is 112 Å². The first-order valence-corrected chi connectivity index (χ1v) is 6.72. The molecule has 3 aromatic rings. The molecule has 0 aliphatic carbocycles. The van der Waals surface area contributed by atoms with Gasteiger partial charge >= 0.3 is 0 Å². The van der Waals surface area contributed by atoms with E-state index in [1.807, 2.05) is 13.1 Å². The second-order valence-electron chi connectivity index (χ2n) is 4.81. The lowest BCUT2D eigenvalue weighted by atomic mass is 10.2. The smallest absolute Gasteiger partial charge is 0.178 e. The quantitative estimate of drug-likeness (QED) is 0.780. The lowest BCUT2D eigenvalue weighted by molar-refractivity contribution is 0.919. The summed E-state index contributed by atoms with van der Waals surface area (Å²) in [5.41, 5.74) is 5.29. The van der Waals surface area contributed by atoms with Gasteiger partial charge in [-0.1, -0.05) is 13.8 Å². The van der Waals surface area contributed by atoms with Gasteiger partial charge in [-0.05, 0) is 36.6 Å². The van der Waals surface area contributed by atoms with Gasteiger partial charge in [-0.2, -0.15) is 0 Å². The summed E-state index contributed by atoms with van der Waals surface area (Å²) < 4.78 is 2.11. The molecule has 4 heteroatoms. The third-order valence-corrected chi connectivity index (χ3v) is 3.48. The van der Waals surface area contributed by atoms with Gasteiger partial charge in [-0.25, -0.2) is 9.97 Å². The Balaban J connectivity index is 2.11. The van der Waals surface area contributed by atoms with Gasteiger partial charge in [-0.3, -0.25) is 0 Å². The summed E-state index contributed by atoms with van der Waals surface area (Å²) in [6.45, 7) is 4.26. The maximum atomic E-state index is 4.61. The zero-order valence-electron chi connectivity index (χ0n) is 11.6. The highest BCUT2D eigenvalue weighted by molar-refractivity contribution is 5.75. The first-order chi connectivity index (χ1) is 9.21. The molecule has 0 bridgehead atoms. The molecule has 0 unspecified atom stereocenters. The van der Waals surface area contributed by atoms with Gasteiger partial charge in [0.25, 0.3) is 0 Å². The van der Waals surface area contributed by atoms with E-state index in [-0.39, 0.29) is 0 Å². The van der Waals surface area contributed by atoms with Crippen LogP contribution in [0.1, 0.15) is 25.1 Å². The number of hydrogen-bond donors (Lipinski definition) is 1. The standard InChI is InChI=1S/C15H18N4/c1-4-10-8-13(19(3)9-10)15-17-12-7-6-11(5-2)16-14(12)18-15/h6-9H,4-5H2,1-3H3,(H,16,17,18). The molecular weight excluding hydrogens is 236 g/mol. The third kappa shape index (κ3) is 2.03.